The van der Waals surface area contributed by atoms with Gasteiger partial charge in [-0.15, -0.1) is 0 Å². The molecule has 0 spiro atoms. The van der Waals surface area contributed by atoms with Crippen LogP contribution in [0, 0.1) is 5.92 Å². The van der Waals surface area contributed by atoms with E-state index in [1.165, 1.54) is 11.3 Å². The Morgan fingerprint density at radius 1 is 1.16 bits per heavy atom. The molecule has 0 N–H and O–H groups in total. The van der Waals surface area contributed by atoms with E-state index in [1.54, 1.807) is 0 Å². The van der Waals surface area contributed by atoms with Crippen LogP contribution < -0.4 is 4.90 Å². The molecule has 0 saturated carbocycles. The minimum absolute atomic E-state index is 0.268. The zero-order valence-electron chi connectivity index (χ0n) is 11.7. The van der Waals surface area contributed by atoms with Gasteiger partial charge in [-0.25, -0.2) is 0 Å². The third-order valence-corrected chi connectivity index (χ3v) is 3.65. The second kappa shape index (κ2) is 6.41. The van der Waals surface area contributed by atoms with Gasteiger partial charge in [0.25, 0.3) is 0 Å². The number of rotatable bonds is 4. The van der Waals surface area contributed by atoms with Crippen LogP contribution in [0.4, 0.5) is 5.69 Å². The summed E-state index contributed by atoms with van der Waals surface area (Å²) in [5.41, 5.74) is 2.42. The zero-order chi connectivity index (χ0) is 13.7. The number of hydrogen-bond donors (Lipinski definition) is 0. The summed E-state index contributed by atoms with van der Waals surface area (Å²) >= 11 is 0. The molecular weight excluding hydrogens is 236 g/mol. The number of aldehydes is 1. The maximum absolute atomic E-state index is 10.7. The van der Waals surface area contributed by atoms with Crippen LogP contribution in [0.5, 0.6) is 0 Å². The van der Waals surface area contributed by atoms with Gasteiger partial charge in [0.1, 0.15) is 6.29 Å². The first-order chi connectivity index (χ1) is 9.19. The van der Waals surface area contributed by atoms with Gasteiger partial charge < -0.3 is 14.6 Å². The maximum Gasteiger partial charge on any atom is 0.123 e. The Hall–Kier alpha value is -1.77. The number of hydrogen-bond acceptors (Lipinski definition) is 3. The van der Waals surface area contributed by atoms with Gasteiger partial charge >= 0.3 is 0 Å². The molecule has 1 heterocycles. The van der Waals surface area contributed by atoms with Crippen molar-refractivity contribution in [2.75, 3.05) is 32.1 Å². The standard InChI is InChI=1S/C16H22N2O/c1-17(2)16-5-3-14(4-6-16)7-10-18-11-8-15(13-19)9-12-18/h3-7,10,13,15H,8-9,11-12H2,1-2H3. The van der Waals surface area contributed by atoms with Crippen LogP contribution in [0.2, 0.25) is 0 Å². The molecule has 0 amide bonds. The quantitative estimate of drug-likeness (QED) is 0.776. The first-order valence-electron chi connectivity index (χ1n) is 6.84. The number of carbonyl (C=O) groups excluding carboxylic acids is 1. The lowest BCUT2D eigenvalue weighted by molar-refractivity contribution is -0.112. The number of likely N-dealkylation sites (tertiary alicyclic amines) is 1. The van der Waals surface area contributed by atoms with Crippen LogP contribution >= 0.6 is 0 Å². The minimum Gasteiger partial charge on any atom is -0.378 e. The van der Waals surface area contributed by atoms with Gasteiger partial charge in [-0.2, -0.15) is 0 Å². The van der Waals surface area contributed by atoms with Crippen LogP contribution in [-0.4, -0.2) is 38.4 Å². The van der Waals surface area contributed by atoms with E-state index in [1.807, 2.05) is 14.1 Å². The molecule has 3 heteroatoms. The SMILES string of the molecule is CN(C)c1ccc(C=CN2CCC(C=O)CC2)cc1. The molecule has 1 aromatic carbocycles. The van der Waals surface area contributed by atoms with Crippen LogP contribution in [-0.2, 0) is 4.79 Å². The molecule has 2 rings (SSSR count). The van der Waals surface area contributed by atoms with Gasteiger partial charge in [0.15, 0.2) is 0 Å². The fraction of sp³-hybridized carbons (Fsp3) is 0.438. The first-order valence-corrected chi connectivity index (χ1v) is 6.84. The Labute approximate surface area is 115 Å². The summed E-state index contributed by atoms with van der Waals surface area (Å²) in [6.45, 7) is 1.96. The largest absolute Gasteiger partial charge is 0.378 e. The number of nitrogens with zero attached hydrogens (tertiary/aromatic N) is 2. The lowest BCUT2D eigenvalue weighted by Gasteiger charge is -2.28. The number of piperidine rings is 1. The summed E-state index contributed by atoms with van der Waals surface area (Å²) in [5, 5.41) is 0. The fourth-order valence-corrected chi connectivity index (χ4v) is 2.28. The highest BCUT2D eigenvalue weighted by molar-refractivity contribution is 5.55. The summed E-state index contributed by atoms with van der Waals surface area (Å²) in [4.78, 5) is 15.1. The van der Waals surface area contributed by atoms with Crippen molar-refractivity contribution in [2.45, 2.75) is 12.8 Å². The van der Waals surface area contributed by atoms with E-state index < -0.39 is 0 Å². The number of benzene rings is 1. The van der Waals surface area contributed by atoms with Crippen molar-refractivity contribution in [3.8, 4) is 0 Å². The average Bonchev–Trinajstić information content (AvgIpc) is 2.46. The van der Waals surface area contributed by atoms with E-state index in [0.29, 0.717) is 0 Å². The highest BCUT2D eigenvalue weighted by atomic mass is 16.1. The lowest BCUT2D eigenvalue weighted by Crippen LogP contribution is -2.29. The molecule has 1 saturated heterocycles. The van der Waals surface area contributed by atoms with Crippen LogP contribution in [0.1, 0.15) is 18.4 Å². The minimum atomic E-state index is 0.268. The van der Waals surface area contributed by atoms with Gasteiger partial charge in [0.05, 0.1) is 0 Å². The molecule has 19 heavy (non-hydrogen) atoms. The molecule has 0 radical (unpaired) electrons. The Bertz CT molecular complexity index is 429. The van der Waals surface area contributed by atoms with E-state index in [0.717, 1.165) is 32.2 Å². The van der Waals surface area contributed by atoms with Crippen molar-refractivity contribution in [3.05, 3.63) is 36.0 Å². The highest BCUT2D eigenvalue weighted by Crippen LogP contribution is 2.17. The van der Waals surface area contributed by atoms with Crippen molar-refractivity contribution in [3.63, 3.8) is 0 Å². The van der Waals surface area contributed by atoms with Gasteiger partial charge in [-0.1, -0.05) is 12.1 Å². The summed E-state index contributed by atoms with van der Waals surface area (Å²) in [5.74, 6) is 0.268. The van der Waals surface area contributed by atoms with E-state index >= 15 is 0 Å². The molecular formula is C16H22N2O. The van der Waals surface area contributed by atoms with E-state index in [4.69, 9.17) is 0 Å². The molecule has 0 aromatic heterocycles. The number of carbonyl (C=O) groups is 1. The summed E-state index contributed by atoms with van der Waals surface area (Å²) in [6, 6.07) is 8.50. The van der Waals surface area contributed by atoms with Gasteiger partial charge in [0, 0.05) is 38.8 Å². The zero-order valence-corrected chi connectivity index (χ0v) is 11.7. The molecule has 1 aliphatic heterocycles. The highest BCUT2D eigenvalue weighted by Gasteiger charge is 2.15. The van der Waals surface area contributed by atoms with E-state index in [9.17, 15) is 4.79 Å². The fourth-order valence-electron chi connectivity index (χ4n) is 2.28. The first kappa shape index (κ1) is 13.7. The third kappa shape index (κ3) is 3.85. The van der Waals surface area contributed by atoms with E-state index in [-0.39, 0.29) is 5.92 Å². The molecule has 1 aromatic rings. The smallest absolute Gasteiger partial charge is 0.123 e. The topological polar surface area (TPSA) is 23.6 Å². The van der Waals surface area contributed by atoms with Crippen molar-refractivity contribution in [2.24, 2.45) is 5.92 Å². The molecule has 0 bridgehead atoms. The van der Waals surface area contributed by atoms with Crippen LogP contribution in [0.3, 0.4) is 0 Å². The van der Waals surface area contributed by atoms with Crippen molar-refractivity contribution < 1.29 is 4.79 Å². The van der Waals surface area contributed by atoms with Crippen LogP contribution in [0.15, 0.2) is 30.5 Å². The van der Waals surface area contributed by atoms with Crippen molar-refractivity contribution >= 4 is 18.0 Å². The molecule has 0 unspecified atom stereocenters. The predicted molar refractivity (Wildman–Crippen MR) is 80.2 cm³/mol. The summed E-state index contributed by atoms with van der Waals surface area (Å²) < 4.78 is 0. The Morgan fingerprint density at radius 3 is 2.32 bits per heavy atom. The van der Waals surface area contributed by atoms with Gasteiger partial charge in [-0.05, 0) is 42.8 Å². The Balaban J connectivity index is 1.90. The van der Waals surface area contributed by atoms with E-state index in [2.05, 4.69) is 46.3 Å². The molecule has 1 fully saturated rings. The lowest BCUT2D eigenvalue weighted by atomic mass is 9.99. The Morgan fingerprint density at radius 2 is 1.79 bits per heavy atom. The second-order valence-electron chi connectivity index (χ2n) is 5.31. The number of anilines is 1. The molecule has 1 aliphatic rings. The average molecular weight is 258 g/mol. The predicted octanol–water partition coefficient (Wildman–Crippen LogP) is 2.63. The normalized spacial score (nSPS) is 16.8. The summed E-state index contributed by atoms with van der Waals surface area (Å²) in [7, 11) is 4.09. The molecule has 0 atom stereocenters. The van der Waals surface area contributed by atoms with Crippen molar-refractivity contribution in [1.82, 2.24) is 4.90 Å². The third-order valence-electron chi connectivity index (χ3n) is 3.65. The molecule has 3 nitrogen and oxygen atoms in total. The van der Waals surface area contributed by atoms with Gasteiger partial charge in [-0.3, -0.25) is 0 Å². The van der Waals surface area contributed by atoms with Crippen LogP contribution in [0.25, 0.3) is 6.08 Å². The summed E-state index contributed by atoms with van der Waals surface area (Å²) in [6.07, 6.45) is 7.34. The monoisotopic (exact) mass is 258 g/mol. The molecule has 0 aliphatic carbocycles. The second-order valence-corrected chi connectivity index (χ2v) is 5.31. The Kier molecular flexibility index (Phi) is 4.61. The van der Waals surface area contributed by atoms with Crippen molar-refractivity contribution in [1.29, 1.82) is 0 Å². The molecule has 102 valence electrons. The van der Waals surface area contributed by atoms with Gasteiger partial charge in [0.2, 0.25) is 0 Å². The maximum atomic E-state index is 10.7.